The molecular formula is C9H16N2O2S. The Morgan fingerprint density at radius 2 is 2.14 bits per heavy atom. The van der Waals surface area contributed by atoms with E-state index in [4.69, 9.17) is 0 Å². The van der Waals surface area contributed by atoms with Crippen molar-refractivity contribution < 1.29 is 9.59 Å². The summed E-state index contributed by atoms with van der Waals surface area (Å²) in [5.41, 5.74) is -0.670. The van der Waals surface area contributed by atoms with E-state index in [0.29, 0.717) is 5.75 Å². The number of carbonyl (C=O) groups is 2. The van der Waals surface area contributed by atoms with Crippen LogP contribution in [0.2, 0.25) is 0 Å². The molecule has 0 aromatic rings. The van der Waals surface area contributed by atoms with Gasteiger partial charge in [0.2, 0.25) is 0 Å². The first-order valence-electron chi connectivity index (χ1n) is 4.69. The van der Waals surface area contributed by atoms with E-state index in [-0.39, 0.29) is 11.9 Å². The molecule has 0 aromatic carbocycles. The molecule has 0 bridgehead atoms. The van der Waals surface area contributed by atoms with Crippen LogP contribution in [0.4, 0.5) is 4.79 Å². The van der Waals surface area contributed by atoms with E-state index in [9.17, 15) is 9.59 Å². The number of urea groups is 1. The molecule has 0 saturated carbocycles. The van der Waals surface area contributed by atoms with Crippen LogP contribution < -0.4 is 5.32 Å². The van der Waals surface area contributed by atoms with Crippen LogP contribution in [0.3, 0.4) is 0 Å². The summed E-state index contributed by atoms with van der Waals surface area (Å²) in [5.74, 6) is 1.49. The fourth-order valence-electron chi connectivity index (χ4n) is 1.27. The summed E-state index contributed by atoms with van der Waals surface area (Å²) in [6, 6.07) is -0.297. The number of carbonyl (C=O) groups excluding carboxylic acids is 2. The number of hydrogen-bond donors (Lipinski definition) is 1. The lowest BCUT2D eigenvalue weighted by Gasteiger charge is -2.27. The highest BCUT2D eigenvalue weighted by atomic mass is 32.2. The molecule has 0 radical (unpaired) electrons. The van der Waals surface area contributed by atoms with Gasteiger partial charge in [0.25, 0.3) is 5.91 Å². The molecule has 0 aromatic heterocycles. The van der Waals surface area contributed by atoms with E-state index in [1.165, 1.54) is 4.90 Å². The first-order chi connectivity index (χ1) is 6.52. The van der Waals surface area contributed by atoms with Crippen molar-refractivity contribution in [3.8, 4) is 0 Å². The Kier molecular flexibility index (Phi) is 3.42. The van der Waals surface area contributed by atoms with Crippen LogP contribution in [-0.4, -0.2) is 40.9 Å². The molecule has 1 atom stereocenters. The van der Waals surface area contributed by atoms with Crippen LogP contribution in [0.15, 0.2) is 0 Å². The number of likely N-dealkylation sites (N-methyl/N-ethyl adjacent to an activating group) is 1. The Morgan fingerprint density at radius 1 is 1.50 bits per heavy atom. The quantitative estimate of drug-likeness (QED) is 0.565. The molecule has 1 aliphatic rings. The van der Waals surface area contributed by atoms with Crippen molar-refractivity contribution in [2.24, 2.45) is 0 Å². The van der Waals surface area contributed by atoms with Crippen molar-refractivity contribution in [1.82, 2.24) is 10.2 Å². The first-order valence-corrected chi connectivity index (χ1v) is 5.85. The van der Waals surface area contributed by atoms with Gasteiger partial charge in [-0.3, -0.25) is 10.1 Å². The largest absolute Gasteiger partial charge is 0.324 e. The van der Waals surface area contributed by atoms with Crippen molar-refractivity contribution in [2.75, 3.05) is 18.6 Å². The zero-order valence-electron chi connectivity index (χ0n) is 8.79. The van der Waals surface area contributed by atoms with E-state index >= 15 is 0 Å². The third kappa shape index (κ3) is 1.87. The lowest BCUT2D eigenvalue weighted by Crippen LogP contribution is -2.47. The summed E-state index contributed by atoms with van der Waals surface area (Å²) in [6.45, 7) is 3.90. The fourth-order valence-corrected chi connectivity index (χ4v) is 2.42. The Morgan fingerprint density at radius 3 is 2.57 bits per heavy atom. The van der Waals surface area contributed by atoms with Gasteiger partial charge in [-0.15, -0.1) is 0 Å². The van der Waals surface area contributed by atoms with Gasteiger partial charge in [0.05, 0.1) is 0 Å². The fraction of sp³-hybridized carbons (Fsp3) is 0.778. The minimum absolute atomic E-state index is 0.186. The topological polar surface area (TPSA) is 49.4 Å². The minimum atomic E-state index is -0.670. The van der Waals surface area contributed by atoms with Crippen molar-refractivity contribution in [3.63, 3.8) is 0 Å². The highest BCUT2D eigenvalue weighted by molar-refractivity contribution is 7.99. The first kappa shape index (κ1) is 11.4. The molecular weight excluding hydrogens is 200 g/mol. The van der Waals surface area contributed by atoms with Gasteiger partial charge in [0.15, 0.2) is 0 Å². The number of hydrogen-bond acceptors (Lipinski definition) is 3. The van der Waals surface area contributed by atoms with Gasteiger partial charge in [-0.1, -0.05) is 6.92 Å². The summed E-state index contributed by atoms with van der Waals surface area (Å²) in [6.07, 6.45) is 1.08. The summed E-state index contributed by atoms with van der Waals surface area (Å²) in [7, 11) is 1.66. The summed E-state index contributed by atoms with van der Waals surface area (Å²) in [5, 5.41) is 2.32. The molecule has 5 heteroatoms. The van der Waals surface area contributed by atoms with Gasteiger partial charge in [0.1, 0.15) is 5.54 Å². The Bertz CT molecular complexity index is 257. The molecule has 1 N–H and O–H groups in total. The summed E-state index contributed by atoms with van der Waals surface area (Å²) in [4.78, 5) is 24.2. The number of nitrogens with zero attached hydrogens (tertiary/aromatic N) is 1. The van der Waals surface area contributed by atoms with Crippen molar-refractivity contribution in [1.29, 1.82) is 0 Å². The molecule has 1 aliphatic heterocycles. The minimum Gasteiger partial charge on any atom is -0.312 e. The molecule has 14 heavy (non-hydrogen) atoms. The maximum atomic E-state index is 11.5. The molecule has 1 saturated heterocycles. The number of amides is 3. The van der Waals surface area contributed by atoms with E-state index in [1.54, 1.807) is 25.7 Å². The van der Waals surface area contributed by atoms with E-state index < -0.39 is 5.54 Å². The molecule has 3 amide bonds. The number of imide groups is 1. The highest BCUT2D eigenvalue weighted by Crippen LogP contribution is 2.24. The lowest BCUT2D eigenvalue weighted by molar-refractivity contribution is -0.124. The Balaban J connectivity index is 2.62. The third-order valence-electron chi connectivity index (χ3n) is 2.49. The molecule has 0 spiro atoms. The zero-order chi connectivity index (χ0) is 10.8. The van der Waals surface area contributed by atoms with Crippen LogP contribution in [-0.2, 0) is 4.79 Å². The number of rotatable bonds is 4. The second kappa shape index (κ2) is 4.21. The molecule has 0 unspecified atom stereocenters. The predicted octanol–water partition coefficient (Wildman–Crippen LogP) is 1.07. The van der Waals surface area contributed by atoms with E-state index in [1.807, 2.05) is 0 Å². The second-order valence-electron chi connectivity index (χ2n) is 3.64. The molecule has 0 aliphatic carbocycles. The van der Waals surface area contributed by atoms with Gasteiger partial charge in [-0.25, -0.2) is 4.79 Å². The summed E-state index contributed by atoms with van der Waals surface area (Å²) >= 11 is 1.70. The average molecular weight is 216 g/mol. The molecule has 4 nitrogen and oxygen atoms in total. The lowest BCUT2D eigenvalue weighted by atomic mass is 10.1. The Hall–Kier alpha value is -0.710. The van der Waals surface area contributed by atoms with E-state index in [0.717, 1.165) is 12.2 Å². The van der Waals surface area contributed by atoms with Crippen molar-refractivity contribution >= 4 is 23.7 Å². The van der Waals surface area contributed by atoms with Crippen LogP contribution in [0.1, 0.15) is 20.3 Å². The maximum absolute atomic E-state index is 11.5. The molecule has 1 fully saturated rings. The normalized spacial score (nSPS) is 26.9. The van der Waals surface area contributed by atoms with Crippen LogP contribution in [0.5, 0.6) is 0 Å². The van der Waals surface area contributed by atoms with Crippen LogP contribution in [0.25, 0.3) is 0 Å². The van der Waals surface area contributed by atoms with E-state index in [2.05, 4.69) is 12.2 Å². The van der Waals surface area contributed by atoms with Gasteiger partial charge in [0, 0.05) is 12.8 Å². The molecule has 80 valence electrons. The standard InChI is InChI=1S/C9H16N2O2S/c1-4-5-14-6-9(2)7(12)10-8(13)11(9)3/h4-6H2,1-3H3,(H,10,12,13)/t9-/m1/s1. The number of nitrogens with one attached hydrogen (secondary N) is 1. The summed E-state index contributed by atoms with van der Waals surface area (Å²) < 4.78 is 0. The third-order valence-corrected chi connectivity index (χ3v) is 3.95. The molecule has 1 rings (SSSR count). The van der Waals surface area contributed by atoms with Gasteiger partial charge >= 0.3 is 6.03 Å². The van der Waals surface area contributed by atoms with Gasteiger partial charge in [-0.05, 0) is 19.1 Å². The predicted molar refractivity (Wildman–Crippen MR) is 57.3 cm³/mol. The average Bonchev–Trinajstić information content (AvgIpc) is 2.32. The zero-order valence-corrected chi connectivity index (χ0v) is 9.61. The van der Waals surface area contributed by atoms with Crippen LogP contribution >= 0.6 is 11.8 Å². The second-order valence-corrected chi connectivity index (χ2v) is 4.75. The van der Waals surface area contributed by atoms with Crippen LogP contribution in [0, 0.1) is 0 Å². The monoisotopic (exact) mass is 216 g/mol. The highest BCUT2D eigenvalue weighted by Gasteiger charge is 2.46. The van der Waals surface area contributed by atoms with Crippen molar-refractivity contribution in [2.45, 2.75) is 25.8 Å². The SMILES string of the molecule is CCCSC[C@]1(C)C(=O)NC(=O)N1C. The smallest absolute Gasteiger partial charge is 0.312 e. The van der Waals surface area contributed by atoms with Gasteiger partial charge in [-0.2, -0.15) is 11.8 Å². The molecule has 1 heterocycles. The van der Waals surface area contributed by atoms with Crippen molar-refractivity contribution in [3.05, 3.63) is 0 Å². The number of thioether (sulfide) groups is 1. The maximum Gasteiger partial charge on any atom is 0.324 e. The Labute approximate surface area is 88.4 Å². The van der Waals surface area contributed by atoms with Gasteiger partial charge < -0.3 is 4.90 Å².